The molecule has 0 fully saturated rings. The van der Waals surface area contributed by atoms with Crippen molar-refractivity contribution in [3.63, 3.8) is 0 Å². The monoisotopic (exact) mass is 308 g/mol. The topological polar surface area (TPSA) is 59.8 Å². The number of nitrogens with one attached hydrogen (secondary N) is 1. The van der Waals surface area contributed by atoms with E-state index >= 15 is 0 Å². The van der Waals surface area contributed by atoms with Gasteiger partial charge in [-0.15, -0.1) is 0 Å². The molecule has 0 atom stereocenters. The number of nitrogens with zero attached hydrogens (tertiary/aromatic N) is 3. The number of carbonyl (C=O) groups excluding carboxylic acids is 1. The Labute approximate surface area is 113 Å². The molecule has 0 saturated heterocycles. The summed E-state index contributed by atoms with van der Waals surface area (Å²) in [5.74, 6) is 0.325. The number of hydrogen-bond acceptors (Lipinski definition) is 3. The summed E-state index contributed by atoms with van der Waals surface area (Å²) in [6.45, 7) is 1.97. The zero-order chi connectivity index (χ0) is 13.1. The van der Waals surface area contributed by atoms with Gasteiger partial charge < -0.3 is 5.32 Å². The van der Waals surface area contributed by atoms with Gasteiger partial charge in [-0.1, -0.05) is 13.0 Å². The van der Waals surface area contributed by atoms with E-state index in [1.807, 2.05) is 13.0 Å². The summed E-state index contributed by atoms with van der Waals surface area (Å²) in [7, 11) is 1.80. The molecule has 0 radical (unpaired) electrons. The average molecular weight is 309 g/mol. The Morgan fingerprint density at radius 2 is 2.28 bits per heavy atom. The maximum absolute atomic E-state index is 12.1. The van der Waals surface area contributed by atoms with Gasteiger partial charge >= 0.3 is 0 Å². The summed E-state index contributed by atoms with van der Waals surface area (Å²) >= 11 is 3.26. The fourth-order valence-electron chi connectivity index (χ4n) is 1.65. The first-order valence-electron chi connectivity index (χ1n) is 5.56. The number of halogens is 1. The minimum absolute atomic E-state index is 0.189. The van der Waals surface area contributed by atoms with E-state index < -0.39 is 0 Å². The molecule has 0 saturated carbocycles. The fourth-order valence-corrected chi connectivity index (χ4v) is 1.99. The molecule has 2 rings (SSSR count). The molecule has 6 heteroatoms. The molecule has 0 aliphatic heterocycles. The SMILES string of the molecule is CCc1nn(C)cc1C(=O)Nc1cccc(Br)n1. The van der Waals surface area contributed by atoms with Crippen LogP contribution in [0.25, 0.3) is 0 Å². The highest BCUT2D eigenvalue weighted by Crippen LogP contribution is 2.13. The van der Waals surface area contributed by atoms with Gasteiger partial charge in [0.25, 0.3) is 5.91 Å². The quantitative estimate of drug-likeness (QED) is 0.886. The van der Waals surface area contributed by atoms with Gasteiger partial charge in [0.05, 0.1) is 11.3 Å². The number of aromatic nitrogens is 3. The predicted molar refractivity (Wildman–Crippen MR) is 72.5 cm³/mol. The molecule has 18 heavy (non-hydrogen) atoms. The van der Waals surface area contributed by atoms with E-state index in [1.54, 1.807) is 30.1 Å². The van der Waals surface area contributed by atoms with E-state index in [1.165, 1.54) is 0 Å². The molecule has 2 aromatic heterocycles. The van der Waals surface area contributed by atoms with Crippen molar-refractivity contribution in [2.45, 2.75) is 13.3 Å². The summed E-state index contributed by atoms with van der Waals surface area (Å²) in [6, 6.07) is 5.36. The number of carbonyl (C=O) groups is 1. The van der Waals surface area contributed by atoms with Gasteiger partial charge in [0, 0.05) is 13.2 Å². The van der Waals surface area contributed by atoms with Gasteiger partial charge in [0.2, 0.25) is 0 Å². The van der Waals surface area contributed by atoms with Crippen LogP contribution in [0.3, 0.4) is 0 Å². The molecule has 1 amide bonds. The van der Waals surface area contributed by atoms with Crippen LogP contribution in [0.15, 0.2) is 29.0 Å². The van der Waals surface area contributed by atoms with Crippen LogP contribution in [0, 0.1) is 0 Å². The maximum atomic E-state index is 12.1. The van der Waals surface area contributed by atoms with Crippen LogP contribution in [0.2, 0.25) is 0 Å². The summed E-state index contributed by atoms with van der Waals surface area (Å²) in [4.78, 5) is 16.3. The van der Waals surface area contributed by atoms with E-state index in [4.69, 9.17) is 0 Å². The smallest absolute Gasteiger partial charge is 0.260 e. The zero-order valence-electron chi connectivity index (χ0n) is 10.1. The van der Waals surface area contributed by atoms with E-state index in [-0.39, 0.29) is 5.91 Å². The van der Waals surface area contributed by atoms with Crippen LogP contribution in [0.1, 0.15) is 23.0 Å². The largest absolute Gasteiger partial charge is 0.306 e. The van der Waals surface area contributed by atoms with Gasteiger partial charge in [-0.2, -0.15) is 5.10 Å². The van der Waals surface area contributed by atoms with Gasteiger partial charge in [-0.05, 0) is 34.5 Å². The van der Waals surface area contributed by atoms with Gasteiger partial charge in [0.15, 0.2) is 0 Å². The van der Waals surface area contributed by atoms with Crippen molar-refractivity contribution in [2.75, 3.05) is 5.32 Å². The van der Waals surface area contributed by atoms with Crippen LogP contribution in [0.4, 0.5) is 5.82 Å². The highest BCUT2D eigenvalue weighted by Gasteiger charge is 2.14. The van der Waals surface area contributed by atoms with Crippen molar-refractivity contribution < 1.29 is 4.79 Å². The van der Waals surface area contributed by atoms with Crippen LogP contribution < -0.4 is 5.32 Å². The minimum Gasteiger partial charge on any atom is -0.306 e. The van der Waals surface area contributed by atoms with Gasteiger partial charge in [-0.3, -0.25) is 9.48 Å². The van der Waals surface area contributed by atoms with E-state index in [9.17, 15) is 4.79 Å². The third kappa shape index (κ3) is 2.76. The fraction of sp³-hybridized carbons (Fsp3) is 0.250. The third-order valence-corrected chi connectivity index (χ3v) is 2.88. The molecule has 2 aromatic rings. The lowest BCUT2D eigenvalue weighted by atomic mass is 10.2. The Morgan fingerprint density at radius 1 is 1.50 bits per heavy atom. The van der Waals surface area contributed by atoms with Crippen molar-refractivity contribution >= 4 is 27.7 Å². The van der Waals surface area contributed by atoms with Gasteiger partial charge in [0.1, 0.15) is 10.4 Å². The molecule has 0 spiro atoms. The Morgan fingerprint density at radius 3 is 2.94 bits per heavy atom. The first-order valence-corrected chi connectivity index (χ1v) is 6.36. The van der Waals surface area contributed by atoms with Crippen molar-refractivity contribution in [2.24, 2.45) is 7.05 Å². The Bertz CT molecular complexity index is 579. The van der Waals surface area contributed by atoms with Crippen molar-refractivity contribution in [3.05, 3.63) is 40.3 Å². The molecule has 0 aromatic carbocycles. The molecule has 5 nitrogen and oxygen atoms in total. The van der Waals surface area contributed by atoms with Crippen LogP contribution in [-0.4, -0.2) is 20.7 Å². The predicted octanol–water partition coefficient (Wildman–Crippen LogP) is 2.39. The average Bonchev–Trinajstić information content (AvgIpc) is 2.70. The number of hydrogen-bond donors (Lipinski definition) is 1. The van der Waals surface area contributed by atoms with Crippen molar-refractivity contribution in [1.82, 2.24) is 14.8 Å². The molecule has 0 unspecified atom stereocenters. The second-order valence-electron chi connectivity index (χ2n) is 3.82. The standard InChI is InChI=1S/C12H13BrN4O/c1-3-9-8(7-17(2)16-9)12(18)15-11-6-4-5-10(13)14-11/h4-7H,3H2,1-2H3,(H,14,15,18). The number of anilines is 1. The second kappa shape index (κ2) is 5.30. The lowest BCUT2D eigenvalue weighted by Gasteiger charge is -2.03. The molecule has 0 bridgehead atoms. The van der Waals surface area contributed by atoms with E-state index in [2.05, 4.69) is 31.3 Å². The summed E-state index contributed by atoms with van der Waals surface area (Å²) in [6.07, 6.45) is 2.43. The van der Waals surface area contributed by atoms with E-state index in [0.717, 1.165) is 12.1 Å². The van der Waals surface area contributed by atoms with Crippen LogP contribution >= 0.6 is 15.9 Å². The van der Waals surface area contributed by atoms with Crippen molar-refractivity contribution in [3.8, 4) is 0 Å². The normalized spacial score (nSPS) is 10.4. The Kier molecular flexibility index (Phi) is 3.76. The van der Waals surface area contributed by atoms with Crippen LogP contribution in [-0.2, 0) is 13.5 Å². The van der Waals surface area contributed by atoms with Crippen LogP contribution in [0.5, 0.6) is 0 Å². The molecular weight excluding hydrogens is 296 g/mol. The summed E-state index contributed by atoms with van der Waals surface area (Å²) < 4.78 is 2.32. The number of amides is 1. The number of rotatable bonds is 3. The molecular formula is C12H13BrN4O. The third-order valence-electron chi connectivity index (χ3n) is 2.44. The number of pyridine rings is 1. The lowest BCUT2D eigenvalue weighted by Crippen LogP contribution is -2.14. The summed E-state index contributed by atoms with van der Waals surface area (Å²) in [5, 5.41) is 6.99. The summed E-state index contributed by atoms with van der Waals surface area (Å²) in [5.41, 5.74) is 1.37. The van der Waals surface area contributed by atoms with E-state index in [0.29, 0.717) is 16.0 Å². The Balaban J connectivity index is 2.21. The molecule has 94 valence electrons. The number of aryl methyl sites for hydroxylation is 2. The Hall–Kier alpha value is -1.69. The molecule has 2 heterocycles. The highest BCUT2D eigenvalue weighted by molar-refractivity contribution is 9.10. The maximum Gasteiger partial charge on any atom is 0.260 e. The lowest BCUT2D eigenvalue weighted by molar-refractivity contribution is 0.102. The zero-order valence-corrected chi connectivity index (χ0v) is 11.7. The molecule has 0 aliphatic rings. The van der Waals surface area contributed by atoms with Crippen molar-refractivity contribution in [1.29, 1.82) is 0 Å². The second-order valence-corrected chi connectivity index (χ2v) is 4.63. The van der Waals surface area contributed by atoms with Gasteiger partial charge in [-0.25, -0.2) is 4.98 Å². The minimum atomic E-state index is -0.189. The first kappa shape index (κ1) is 12.8. The highest BCUT2D eigenvalue weighted by atomic mass is 79.9. The molecule has 0 aliphatic carbocycles. The molecule has 1 N–H and O–H groups in total. The first-order chi connectivity index (χ1) is 8.60.